The smallest absolute Gasteiger partial charge is 0.106 e. The Labute approximate surface area is 229 Å². The minimum absolute atomic E-state index is 0.255. The topological polar surface area (TPSA) is 12.5 Å². The van der Waals surface area contributed by atoms with Crippen molar-refractivity contribution in [2.45, 2.75) is 95.6 Å². The molecule has 2 aliphatic heterocycles. The molecule has 1 aromatic rings. The van der Waals surface area contributed by atoms with Crippen LogP contribution in [0.15, 0.2) is 71.2 Å². The molecule has 4 heteroatoms. The van der Waals surface area contributed by atoms with E-state index in [1.54, 1.807) is 0 Å². The predicted molar refractivity (Wildman–Crippen MR) is 161 cm³/mol. The average Bonchev–Trinajstić information content (AvgIpc) is 3.14. The third kappa shape index (κ3) is 6.02. The zero-order valence-electron chi connectivity index (χ0n) is 22.6. The largest absolute Gasteiger partial charge is 0.494 e. The number of aryl methyl sites for hydroxylation is 2. The van der Waals surface area contributed by atoms with Crippen LogP contribution in [0, 0.1) is 6.92 Å². The number of fused-ring (bicyclic) bond motifs is 1. The highest BCUT2D eigenvalue weighted by Gasteiger charge is 2.46. The lowest BCUT2D eigenvalue weighted by Crippen LogP contribution is -2.48. The van der Waals surface area contributed by atoms with Gasteiger partial charge in [0.2, 0.25) is 0 Å². The summed E-state index contributed by atoms with van der Waals surface area (Å²) in [5, 5.41) is 0.644. The highest BCUT2D eigenvalue weighted by atomic mass is 32.2. The van der Waals surface area contributed by atoms with Crippen molar-refractivity contribution in [3.05, 3.63) is 93.4 Å². The third-order valence-electron chi connectivity index (χ3n) is 7.73. The fourth-order valence-corrected chi connectivity index (χ4v) is 7.65. The number of unbranched alkanes of at least 4 members (excludes halogenated alkanes) is 2. The molecule has 0 spiro atoms. The molecule has 3 unspecified atom stereocenters. The van der Waals surface area contributed by atoms with Gasteiger partial charge in [-0.05, 0) is 87.3 Å². The van der Waals surface area contributed by atoms with Crippen molar-refractivity contribution in [1.29, 1.82) is 0 Å². The molecule has 0 aromatic heterocycles. The Morgan fingerprint density at radius 1 is 1.25 bits per heavy atom. The van der Waals surface area contributed by atoms with Crippen LogP contribution in [-0.2, 0) is 17.6 Å². The first-order chi connectivity index (χ1) is 17.3. The standard InChI is InChI=1S/C32H43NOS2/c1-7-8-9-13-26-18-22(3)30(27-14-10-12-21(2)17-27)28(20-26)19-23(4)34-16-11-15-29-24(5)33-25(6)31(35)32(33)36-29/h11,15,17-18,20,27,31-32,35H,4,6-10,12-14,16,19H2,1-3,5H3/b15-11+. The fourth-order valence-electron chi connectivity index (χ4n) is 5.82. The Morgan fingerprint density at radius 2 is 2.06 bits per heavy atom. The minimum atomic E-state index is 0.255. The maximum atomic E-state index is 6.12. The van der Waals surface area contributed by atoms with Crippen molar-refractivity contribution in [1.82, 2.24) is 4.90 Å². The van der Waals surface area contributed by atoms with Gasteiger partial charge in [-0.2, -0.15) is 12.6 Å². The summed E-state index contributed by atoms with van der Waals surface area (Å²) in [6.45, 7) is 18.0. The van der Waals surface area contributed by atoms with E-state index in [0.717, 1.165) is 24.3 Å². The summed E-state index contributed by atoms with van der Waals surface area (Å²) in [6.07, 6.45) is 16.3. The van der Waals surface area contributed by atoms with E-state index in [9.17, 15) is 0 Å². The summed E-state index contributed by atoms with van der Waals surface area (Å²) in [5.74, 6) is 1.36. The van der Waals surface area contributed by atoms with Crippen molar-refractivity contribution in [3.63, 3.8) is 0 Å². The SMILES string of the molecule is C=C(Cc1cc(CCCCC)cc(C)c1C1C=C(C)CCC1)OC/C=C/C1=C(C)N2C(=C)C(S)C2S1. The Kier molecular flexibility index (Phi) is 9.22. The quantitative estimate of drug-likeness (QED) is 0.135. The number of ether oxygens (including phenoxy) is 1. The van der Waals surface area contributed by atoms with Crippen LogP contribution in [-0.4, -0.2) is 22.1 Å². The summed E-state index contributed by atoms with van der Waals surface area (Å²) < 4.78 is 6.12. The minimum Gasteiger partial charge on any atom is -0.494 e. The molecule has 0 radical (unpaired) electrons. The van der Waals surface area contributed by atoms with E-state index in [2.05, 4.69) is 88.7 Å². The van der Waals surface area contributed by atoms with E-state index in [1.165, 1.54) is 77.0 Å². The van der Waals surface area contributed by atoms with E-state index in [-0.39, 0.29) is 5.25 Å². The zero-order chi connectivity index (χ0) is 25.8. The number of hydrogen-bond acceptors (Lipinski definition) is 4. The number of hydrogen-bond donors (Lipinski definition) is 1. The molecule has 1 aliphatic carbocycles. The molecule has 2 nitrogen and oxygen atoms in total. The van der Waals surface area contributed by atoms with Crippen LogP contribution >= 0.6 is 24.4 Å². The van der Waals surface area contributed by atoms with E-state index >= 15 is 0 Å². The van der Waals surface area contributed by atoms with Crippen LogP contribution < -0.4 is 0 Å². The second kappa shape index (κ2) is 12.2. The van der Waals surface area contributed by atoms with E-state index in [1.807, 2.05) is 11.8 Å². The Balaban J connectivity index is 1.42. The first kappa shape index (κ1) is 27.3. The highest BCUT2D eigenvalue weighted by Crippen LogP contribution is 2.52. The molecule has 36 heavy (non-hydrogen) atoms. The van der Waals surface area contributed by atoms with Gasteiger partial charge in [0.1, 0.15) is 12.0 Å². The monoisotopic (exact) mass is 521 g/mol. The lowest BCUT2D eigenvalue weighted by Gasteiger charge is -2.44. The van der Waals surface area contributed by atoms with Crippen molar-refractivity contribution >= 4 is 24.4 Å². The van der Waals surface area contributed by atoms with Gasteiger partial charge < -0.3 is 9.64 Å². The Hall–Kier alpha value is -1.78. The molecule has 0 saturated carbocycles. The summed E-state index contributed by atoms with van der Waals surface area (Å²) in [6, 6.07) is 4.87. The lowest BCUT2D eigenvalue weighted by atomic mass is 9.80. The Morgan fingerprint density at radius 3 is 2.78 bits per heavy atom. The van der Waals surface area contributed by atoms with Crippen LogP contribution in [0.5, 0.6) is 0 Å². The molecule has 1 saturated heterocycles. The number of allylic oxidation sites excluding steroid dienone is 5. The Bertz CT molecular complexity index is 1100. The van der Waals surface area contributed by atoms with Gasteiger partial charge in [-0.3, -0.25) is 0 Å². The zero-order valence-corrected chi connectivity index (χ0v) is 24.3. The van der Waals surface area contributed by atoms with E-state index in [0.29, 0.717) is 17.9 Å². The number of rotatable bonds is 11. The van der Waals surface area contributed by atoms with Gasteiger partial charge >= 0.3 is 0 Å². The molecule has 4 rings (SSSR count). The highest BCUT2D eigenvalue weighted by molar-refractivity contribution is 8.04. The lowest BCUT2D eigenvalue weighted by molar-refractivity contribution is 0.242. The first-order valence-corrected chi connectivity index (χ1v) is 15.0. The van der Waals surface area contributed by atoms with E-state index < -0.39 is 0 Å². The van der Waals surface area contributed by atoms with Gasteiger partial charge in [-0.1, -0.05) is 68.5 Å². The van der Waals surface area contributed by atoms with Gasteiger partial charge in [-0.15, -0.1) is 0 Å². The molecule has 2 heterocycles. The summed E-state index contributed by atoms with van der Waals surface area (Å²) >= 11 is 6.52. The second-order valence-electron chi connectivity index (χ2n) is 10.6. The molecule has 0 bridgehead atoms. The van der Waals surface area contributed by atoms with E-state index in [4.69, 9.17) is 4.74 Å². The number of thiol groups is 1. The average molecular weight is 522 g/mol. The molecule has 0 amide bonds. The normalized spacial score (nSPS) is 23.7. The third-order valence-corrected chi connectivity index (χ3v) is 9.92. The van der Waals surface area contributed by atoms with Crippen LogP contribution in [0.4, 0.5) is 0 Å². The van der Waals surface area contributed by atoms with Gasteiger partial charge in [0.25, 0.3) is 0 Å². The summed E-state index contributed by atoms with van der Waals surface area (Å²) in [4.78, 5) is 3.57. The molecule has 1 aromatic carbocycles. The van der Waals surface area contributed by atoms with Crippen molar-refractivity contribution in [3.8, 4) is 0 Å². The first-order valence-electron chi connectivity index (χ1n) is 13.6. The van der Waals surface area contributed by atoms with Crippen molar-refractivity contribution in [2.24, 2.45) is 0 Å². The maximum Gasteiger partial charge on any atom is 0.106 e. The summed E-state index contributed by atoms with van der Waals surface area (Å²) in [5.41, 5.74) is 9.69. The number of benzene rings is 1. The molecular formula is C32H43NOS2. The number of nitrogens with zero attached hydrogens (tertiary/aromatic N) is 1. The number of thioether (sulfide) groups is 1. The fraction of sp³-hybridized carbons (Fsp3) is 0.500. The molecule has 3 aliphatic rings. The van der Waals surface area contributed by atoms with Crippen molar-refractivity contribution < 1.29 is 4.74 Å². The van der Waals surface area contributed by atoms with Crippen LogP contribution in [0.25, 0.3) is 0 Å². The van der Waals surface area contributed by atoms with Gasteiger partial charge in [-0.25, -0.2) is 0 Å². The van der Waals surface area contributed by atoms with Crippen LogP contribution in [0.3, 0.4) is 0 Å². The molecule has 1 fully saturated rings. The van der Waals surface area contributed by atoms with Gasteiger partial charge in [0.05, 0.1) is 11.0 Å². The summed E-state index contributed by atoms with van der Waals surface area (Å²) in [7, 11) is 0. The molecule has 0 N–H and O–H groups in total. The maximum absolute atomic E-state index is 6.12. The van der Waals surface area contributed by atoms with Crippen LogP contribution in [0.1, 0.15) is 87.5 Å². The second-order valence-corrected chi connectivity index (χ2v) is 12.4. The van der Waals surface area contributed by atoms with Gasteiger partial charge in [0.15, 0.2) is 0 Å². The van der Waals surface area contributed by atoms with Crippen molar-refractivity contribution in [2.75, 3.05) is 6.61 Å². The van der Waals surface area contributed by atoms with Gasteiger partial charge in [0, 0.05) is 28.6 Å². The molecule has 3 atom stereocenters. The molecular weight excluding hydrogens is 478 g/mol. The molecule has 194 valence electrons. The predicted octanol–water partition coefficient (Wildman–Crippen LogP) is 9.00. The van der Waals surface area contributed by atoms with Crippen LogP contribution in [0.2, 0.25) is 0 Å².